The molecule has 0 bridgehead atoms. The summed E-state index contributed by atoms with van der Waals surface area (Å²) in [4.78, 5) is 24.9. The number of hydrogen-bond donors (Lipinski definition) is 0. The summed E-state index contributed by atoms with van der Waals surface area (Å²) in [6.45, 7) is 22.9. The number of ketones is 1. The van der Waals surface area contributed by atoms with Crippen LogP contribution in [0.4, 0.5) is 0 Å². The van der Waals surface area contributed by atoms with Crippen LogP contribution < -0.4 is 0 Å². The van der Waals surface area contributed by atoms with Gasteiger partial charge >= 0.3 is 5.97 Å². The molecule has 0 aliphatic rings. The van der Waals surface area contributed by atoms with Crippen LogP contribution in [0.25, 0.3) is 0 Å². The Kier molecular flexibility index (Phi) is 9.26. The van der Waals surface area contributed by atoms with Crippen molar-refractivity contribution in [1.82, 2.24) is 0 Å². The molecule has 0 aliphatic heterocycles. The molecule has 0 saturated heterocycles. The van der Waals surface area contributed by atoms with E-state index in [4.69, 9.17) is 4.74 Å². The minimum Gasteiger partial charge on any atom is -0.459 e. The molecule has 0 aromatic heterocycles. The second kappa shape index (κ2) is 9.56. The van der Waals surface area contributed by atoms with E-state index in [1.807, 2.05) is 34.6 Å². The number of esters is 1. The quantitative estimate of drug-likeness (QED) is 0.319. The Labute approximate surface area is 169 Å². The molecule has 0 atom stereocenters. The molecule has 0 saturated carbocycles. The van der Waals surface area contributed by atoms with Crippen LogP contribution in [-0.4, -0.2) is 17.4 Å². The van der Waals surface area contributed by atoms with E-state index in [1.54, 1.807) is 0 Å². The molecule has 160 valence electrons. The number of carbonyl (C=O) groups is 2. The van der Waals surface area contributed by atoms with Gasteiger partial charge in [-0.05, 0) is 56.8 Å². The molecule has 0 aromatic rings. The van der Waals surface area contributed by atoms with Crippen molar-refractivity contribution in [3.8, 4) is 0 Å². The van der Waals surface area contributed by atoms with E-state index >= 15 is 0 Å². The molecule has 27 heavy (non-hydrogen) atoms. The van der Waals surface area contributed by atoms with Crippen LogP contribution in [0, 0.1) is 22.2 Å². The van der Waals surface area contributed by atoms with E-state index in [9.17, 15) is 9.59 Å². The fourth-order valence-corrected chi connectivity index (χ4v) is 3.34. The fourth-order valence-electron chi connectivity index (χ4n) is 3.34. The maximum absolute atomic E-state index is 12.9. The lowest BCUT2D eigenvalue weighted by Crippen LogP contribution is -2.34. The molecule has 3 heteroatoms. The smallest absolute Gasteiger partial charge is 0.309 e. The van der Waals surface area contributed by atoms with Gasteiger partial charge in [0.05, 0.1) is 5.92 Å². The van der Waals surface area contributed by atoms with E-state index in [1.165, 1.54) is 0 Å². The van der Waals surface area contributed by atoms with Gasteiger partial charge in [-0.2, -0.15) is 0 Å². The van der Waals surface area contributed by atoms with Gasteiger partial charge in [-0.15, -0.1) is 0 Å². The van der Waals surface area contributed by atoms with Crippen molar-refractivity contribution in [3.05, 3.63) is 0 Å². The van der Waals surface area contributed by atoms with Gasteiger partial charge in [0.2, 0.25) is 0 Å². The molecule has 0 heterocycles. The van der Waals surface area contributed by atoms with E-state index in [0.29, 0.717) is 12.2 Å². The lowest BCUT2D eigenvalue weighted by molar-refractivity contribution is -0.164. The molecule has 0 N–H and O–H groups in total. The molecular formula is C24H46O3. The van der Waals surface area contributed by atoms with Gasteiger partial charge in [-0.3, -0.25) is 9.59 Å². The number of Topliss-reactive ketones (excluding diaryl/α,β-unsaturated/α-hetero) is 1. The largest absolute Gasteiger partial charge is 0.459 e. The summed E-state index contributed by atoms with van der Waals surface area (Å²) < 4.78 is 5.94. The van der Waals surface area contributed by atoms with Gasteiger partial charge in [-0.25, -0.2) is 0 Å². The van der Waals surface area contributed by atoms with Crippen LogP contribution >= 0.6 is 0 Å². The van der Waals surface area contributed by atoms with Crippen molar-refractivity contribution >= 4 is 11.8 Å². The average molecular weight is 383 g/mol. The highest BCUT2D eigenvalue weighted by molar-refractivity contribution is 5.83. The first-order valence-electron chi connectivity index (χ1n) is 10.6. The van der Waals surface area contributed by atoms with Crippen LogP contribution in [0.15, 0.2) is 0 Å². The van der Waals surface area contributed by atoms with Crippen molar-refractivity contribution in [2.45, 2.75) is 120 Å². The van der Waals surface area contributed by atoms with Crippen LogP contribution in [0.5, 0.6) is 0 Å². The van der Waals surface area contributed by atoms with Crippen LogP contribution in [0.3, 0.4) is 0 Å². The molecule has 0 unspecified atom stereocenters. The van der Waals surface area contributed by atoms with Gasteiger partial charge in [-0.1, -0.05) is 62.3 Å². The maximum atomic E-state index is 12.9. The molecule has 0 aromatic carbocycles. The van der Waals surface area contributed by atoms with Crippen LogP contribution in [-0.2, 0) is 14.3 Å². The highest BCUT2D eigenvalue weighted by atomic mass is 16.6. The monoisotopic (exact) mass is 382 g/mol. The highest BCUT2D eigenvalue weighted by Gasteiger charge is 2.33. The van der Waals surface area contributed by atoms with Crippen LogP contribution in [0.1, 0.15) is 115 Å². The molecule has 0 fully saturated rings. The first-order chi connectivity index (χ1) is 11.8. The summed E-state index contributed by atoms with van der Waals surface area (Å²) in [6, 6.07) is 0. The fraction of sp³-hybridized carbons (Fsp3) is 0.917. The lowest BCUT2D eigenvalue weighted by atomic mass is 9.77. The first-order valence-corrected chi connectivity index (χ1v) is 10.6. The Hall–Kier alpha value is -0.860. The zero-order valence-electron chi connectivity index (χ0n) is 20.0. The molecular weight excluding hydrogens is 336 g/mol. The number of ether oxygens (including phenoxy) is 1. The molecule has 0 radical (unpaired) electrons. The third kappa shape index (κ3) is 13.0. The highest BCUT2D eigenvalue weighted by Crippen LogP contribution is 2.35. The maximum Gasteiger partial charge on any atom is 0.309 e. The van der Waals surface area contributed by atoms with Crippen LogP contribution in [0.2, 0.25) is 0 Å². The number of unbranched alkanes of at least 4 members (excludes halogenated alkanes) is 1. The average Bonchev–Trinajstić information content (AvgIpc) is 2.37. The first kappa shape index (κ1) is 26.1. The zero-order chi connectivity index (χ0) is 21.7. The zero-order valence-corrected chi connectivity index (χ0v) is 20.0. The third-order valence-corrected chi connectivity index (χ3v) is 4.70. The molecule has 3 nitrogen and oxygen atoms in total. The SMILES string of the molecule is CC(C)(C)CC(CC(C)(C)C)C(=O)OC(C)(C)CCCCC(=O)C(C)(C)C. The van der Waals surface area contributed by atoms with Crippen molar-refractivity contribution < 1.29 is 14.3 Å². The summed E-state index contributed by atoms with van der Waals surface area (Å²) >= 11 is 0. The lowest BCUT2D eigenvalue weighted by Gasteiger charge is -2.33. The Balaban J connectivity index is 4.72. The Morgan fingerprint density at radius 1 is 0.741 bits per heavy atom. The van der Waals surface area contributed by atoms with E-state index in [2.05, 4.69) is 41.5 Å². The standard InChI is InChI=1S/C24H46O3/c1-21(2,3)16-18(17-22(4,5)6)20(26)27-24(10,11)15-13-12-14-19(25)23(7,8)9/h18H,12-17H2,1-11H3. The van der Waals surface area contributed by atoms with Crippen molar-refractivity contribution in [3.63, 3.8) is 0 Å². The van der Waals surface area contributed by atoms with Gasteiger partial charge in [0.15, 0.2) is 0 Å². The summed E-state index contributed by atoms with van der Waals surface area (Å²) in [5.41, 5.74) is -0.580. The van der Waals surface area contributed by atoms with Crippen molar-refractivity contribution in [2.75, 3.05) is 0 Å². The number of hydrogen-bond acceptors (Lipinski definition) is 3. The Bertz CT molecular complexity index is 465. The summed E-state index contributed by atoms with van der Waals surface area (Å²) in [5.74, 6) is 0.148. The predicted octanol–water partition coefficient (Wildman–Crippen LogP) is 6.97. The van der Waals surface area contributed by atoms with Gasteiger partial charge < -0.3 is 4.74 Å². The van der Waals surface area contributed by atoms with Gasteiger partial charge in [0, 0.05) is 11.8 Å². The predicted molar refractivity (Wildman–Crippen MR) is 115 cm³/mol. The van der Waals surface area contributed by atoms with E-state index < -0.39 is 5.60 Å². The van der Waals surface area contributed by atoms with Gasteiger partial charge in [0.1, 0.15) is 11.4 Å². The van der Waals surface area contributed by atoms with E-state index in [0.717, 1.165) is 32.1 Å². The van der Waals surface area contributed by atoms with E-state index in [-0.39, 0.29) is 28.1 Å². The Morgan fingerprint density at radius 3 is 1.56 bits per heavy atom. The summed E-state index contributed by atoms with van der Waals surface area (Å²) in [7, 11) is 0. The number of carbonyl (C=O) groups excluding carboxylic acids is 2. The molecule has 0 spiro atoms. The second-order valence-electron chi connectivity index (χ2n) is 12.3. The van der Waals surface area contributed by atoms with Crippen molar-refractivity contribution in [1.29, 1.82) is 0 Å². The second-order valence-corrected chi connectivity index (χ2v) is 12.3. The minimum absolute atomic E-state index is 0.0735. The van der Waals surface area contributed by atoms with Gasteiger partial charge in [0.25, 0.3) is 0 Å². The molecule has 0 amide bonds. The minimum atomic E-state index is -0.490. The summed E-state index contributed by atoms with van der Waals surface area (Å²) in [5, 5.41) is 0. The summed E-state index contributed by atoms with van der Waals surface area (Å²) in [6.07, 6.45) is 4.80. The van der Waals surface area contributed by atoms with Crippen molar-refractivity contribution in [2.24, 2.45) is 22.2 Å². The normalized spacial score (nSPS) is 13.8. The molecule has 0 aliphatic carbocycles. The third-order valence-electron chi connectivity index (χ3n) is 4.70. The topological polar surface area (TPSA) is 43.4 Å². The number of rotatable bonds is 9. The molecule has 0 rings (SSSR count). The Morgan fingerprint density at radius 2 is 1.19 bits per heavy atom.